The van der Waals surface area contributed by atoms with Crippen LogP contribution in [0.15, 0.2) is 0 Å². The van der Waals surface area contributed by atoms with Crippen molar-refractivity contribution in [3.05, 3.63) is 0 Å². The Balaban J connectivity index is 2.20. The fourth-order valence-corrected chi connectivity index (χ4v) is 2.34. The van der Waals surface area contributed by atoms with Crippen LogP contribution in [-0.4, -0.2) is 60.7 Å². The molecule has 1 saturated heterocycles. The van der Waals surface area contributed by atoms with Gasteiger partial charge in [0.2, 0.25) is 0 Å². The highest BCUT2D eigenvalue weighted by Crippen LogP contribution is 2.19. The third kappa shape index (κ3) is 5.25. The minimum atomic E-state index is -0.382. The molecule has 16 heavy (non-hydrogen) atoms. The molecule has 2 N–H and O–H groups in total. The van der Waals surface area contributed by atoms with E-state index in [1.165, 1.54) is 12.8 Å². The predicted molar refractivity (Wildman–Crippen MR) is 63.4 cm³/mol. The first-order valence-corrected chi connectivity index (χ1v) is 6.35. The summed E-state index contributed by atoms with van der Waals surface area (Å²) in [6, 6.07) is 0. The van der Waals surface area contributed by atoms with Gasteiger partial charge in [0, 0.05) is 26.3 Å². The van der Waals surface area contributed by atoms with E-state index in [-0.39, 0.29) is 12.7 Å². The van der Waals surface area contributed by atoms with Crippen LogP contribution >= 0.6 is 0 Å². The van der Waals surface area contributed by atoms with E-state index in [1.807, 2.05) is 6.92 Å². The molecule has 0 spiro atoms. The van der Waals surface area contributed by atoms with Crippen molar-refractivity contribution in [2.24, 2.45) is 5.92 Å². The molecule has 4 nitrogen and oxygen atoms in total. The highest BCUT2D eigenvalue weighted by molar-refractivity contribution is 4.74. The van der Waals surface area contributed by atoms with Gasteiger partial charge in [0.05, 0.1) is 12.7 Å². The van der Waals surface area contributed by atoms with Gasteiger partial charge in [0.25, 0.3) is 0 Å². The van der Waals surface area contributed by atoms with Gasteiger partial charge in [-0.25, -0.2) is 0 Å². The number of aliphatic hydroxyl groups excluding tert-OH is 2. The normalized spacial score (nSPS) is 24.6. The maximum atomic E-state index is 9.73. The second-order valence-corrected chi connectivity index (χ2v) is 4.59. The largest absolute Gasteiger partial charge is 0.396 e. The molecular weight excluding hydrogens is 206 g/mol. The van der Waals surface area contributed by atoms with Crippen LogP contribution in [0.4, 0.5) is 0 Å². The monoisotopic (exact) mass is 231 g/mol. The summed E-state index contributed by atoms with van der Waals surface area (Å²) in [7, 11) is 0. The van der Waals surface area contributed by atoms with Gasteiger partial charge < -0.3 is 19.8 Å². The Bertz CT molecular complexity index is 176. The third-order valence-corrected chi connectivity index (χ3v) is 3.12. The molecule has 0 aliphatic carbocycles. The highest BCUT2D eigenvalue weighted by Gasteiger charge is 2.21. The number of hydrogen-bond donors (Lipinski definition) is 2. The number of rotatable bonds is 7. The van der Waals surface area contributed by atoms with Crippen LogP contribution < -0.4 is 0 Å². The lowest BCUT2D eigenvalue weighted by Gasteiger charge is -2.33. The second kappa shape index (κ2) is 8.01. The van der Waals surface area contributed by atoms with Gasteiger partial charge >= 0.3 is 0 Å². The lowest BCUT2D eigenvalue weighted by atomic mass is 9.95. The Morgan fingerprint density at radius 1 is 1.50 bits per heavy atom. The van der Waals surface area contributed by atoms with Crippen LogP contribution in [0, 0.1) is 5.92 Å². The molecule has 1 rings (SSSR count). The fourth-order valence-electron chi connectivity index (χ4n) is 2.34. The standard InChI is InChI=1S/C12H25NO3/c1-2-16-10-12(15)9-13-6-3-4-11(8-13)5-7-14/h11-12,14-15H,2-10H2,1H3. The molecule has 0 bridgehead atoms. The van der Waals surface area contributed by atoms with Gasteiger partial charge in [-0.15, -0.1) is 0 Å². The number of hydrogen-bond acceptors (Lipinski definition) is 4. The summed E-state index contributed by atoms with van der Waals surface area (Å²) in [6.45, 7) is 6.06. The molecule has 96 valence electrons. The molecule has 0 radical (unpaired) electrons. The van der Waals surface area contributed by atoms with E-state index < -0.39 is 0 Å². The molecular formula is C12H25NO3. The minimum absolute atomic E-state index is 0.278. The number of piperidine rings is 1. The molecule has 2 unspecified atom stereocenters. The fraction of sp³-hybridized carbons (Fsp3) is 1.00. The van der Waals surface area contributed by atoms with E-state index in [0.717, 1.165) is 19.5 Å². The zero-order chi connectivity index (χ0) is 11.8. The Hall–Kier alpha value is -0.160. The Labute approximate surface area is 98.2 Å². The Kier molecular flexibility index (Phi) is 6.96. The number of likely N-dealkylation sites (tertiary alicyclic amines) is 1. The zero-order valence-corrected chi connectivity index (χ0v) is 10.3. The van der Waals surface area contributed by atoms with Gasteiger partial charge in [-0.2, -0.15) is 0 Å². The van der Waals surface area contributed by atoms with Crippen LogP contribution in [-0.2, 0) is 4.74 Å². The second-order valence-electron chi connectivity index (χ2n) is 4.59. The quantitative estimate of drug-likeness (QED) is 0.669. The number of nitrogens with zero attached hydrogens (tertiary/aromatic N) is 1. The summed E-state index contributed by atoms with van der Waals surface area (Å²) in [6.07, 6.45) is 2.88. The average molecular weight is 231 g/mol. The first kappa shape index (κ1) is 13.9. The molecule has 0 amide bonds. The van der Waals surface area contributed by atoms with Gasteiger partial charge in [-0.3, -0.25) is 0 Å². The van der Waals surface area contributed by atoms with Crippen LogP contribution in [0.1, 0.15) is 26.2 Å². The van der Waals surface area contributed by atoms with Crippen molar-refractivity contribution in [3.8, 4) is 0 Å². The number of aliphatic hydroxyl groups is 2. The van der Waals surface area contributed by atoms with Crippen LogP contribution in [0.2, 0.25) is 0 Å². The first-order chi connectivity index (χ1) is 7.76. The van der Waals surface area contributed by atoms with E-state index >= 15 is 0 Å². The van der Waals surface area contributed by atoms with E-state index in [4.69, 9.17) is 9.84 Å². The van der Waals surface area contributed by atoms with Gasteiger partial charge in [0.1, 0.15) is 0 Å². The average Bonchev–Trinajstić information content (AvgIpc) is 2.27. The van der Waals surface area contributed by atoms with Crippen molar-refractivity contribution in [1.82, 2.24) is 4.90 Å². The van der Waals surface area contributed by atoms with E-state index in [0.29, 0.717) is 25.7 Å². The van der Waals surface area contributed by atoms with E-state index in [2.05, 4.69) is 4.90 Å². The summed E-state index contributed by atoms with van der Waals surface area (Å²) in [5.41, 5.74) is 0. The van der Waals surface area contributed by atoms with Crippen molar-refractivity contribution in [2.45, 2.75) is 32.3 Å². The predicted octanol–water partition coefficient (Wildman–Crippen LogP) is 0.478. The summed E-state index contributed by atoms with van der Waals surface area (Å²) in [5.74, 6) is 0.595. The highest BCUT2D eigenvalue weighted by atomic mass is 16.5. The molecule has 1 aliphatic rings. The third-order valence-electron chi connectivity index (χ3n) is 3.12. The Morgan fingerprint density at radius 3 is 3.00 bits per heavy atom. The van der Waals surface area contributed by atoms with Crippen molar-refractivity contribution < 1.29 is 14.9 Å². The molecule has 0 aromatic carbocycles. The molecule has 1 fully saturated rings. The first-order valence-electron chi connectivity index (χ1n) is 6.35. The SMILES string of the molecule is CCOCC(O)CN1CCCC(CCO)C1. The minimum Gasteiger partial charge on any atom is -0.396 e. The Morgan fingerprint density at radius 2 is 2.31 bits per heavy atom. The topological polar surface area (TPSA) is 52.9 Å². The van der Waals surface area contributed by atoms with E-state index in [1.54, 1.807) is 0 Å². The summed E-state index contributed by atoms with van der Waals surface area (Å²) in [4.78, 5) is 2.29. The zero-order valence-electron chi connectivity index (χ0n) is 10.3. The van der Waals surface area contributed by atoms with Crippen molar-refractivity contribution in [3.63, 3.8) is 0 Å². The molecule has 1 heterocycles. The molecule has 4 heteroatoms. The summed E-state index contributed by atoms with van der Waals surface area (Å²) >= 11 is 0. The number of ether oxygens (including phenoxy) is 1. The maximum Gasteiger partial charge on any atom is 0.0900 e. The molecule has 0 aromatic rings. The number of β-amino-alcohol motifs (C(OH)–C–C–N with tert-alkyl or cyclic N) is 1. The van der Waals surface area contributed by atoms with Gasteiger partial charge in [-0.1, -0.05) is 0 Å². The molecule has 2 atom stereocenters. The maximum absolute atomic E-state index is 9.73. The van der Waals surface area contributed by atoms with Crippen LogP contribution in [0.3, 0.4) is 0 Å². The lowest BCUT2D eigenvalue weighted by molar-refractivity contribution is 0.0116. The van der Waals surface area contributed by atoms with Crippen molar-refractivity contribution in [1.29, 1.82) is 0 Å². The van der Waals surface area contributed by atoms with Crippen LogP contribution in [0.5, 0.6) is 0 Å². The van der Waals surface area contributed by atoms with Crippen LogP contribution in [0.25, 0.3) is 0 Å². The van der Waals surface area contributed by atoms with Crippen molar-refractivity contribution >= 4 is 0 Å². The van der Waals surface area contributed by atoms with Crippen molar-refractivity contribution in [2.75, 3.05) is 39.5 Å². The van der Waals surface area contributed by atoms with Gasteiger partial charge in [-0.05, 0) is 38.6 Å². The molecule has 0 aromatic heterocycles. The van der Waals surface area contributed by atoms with Gasteiger partial charge in [0.15, 0.2) is 0 Å². The summed E-state index contributed by atoms with van der Waals surface area (Å²) < 4.78 is 5.19. The molecule has 0 saturated carbocycles. The lowest BCUT2D eigenvalue weighted by Crippen LogP contribution is -2.41. The summed E-state index contributed by atoms with van der Waals surface area (Å²) in [5, 5.41) is 18.6. The van der Waals surface area contributed by atoms with E-state index in [9.17, 15) is 5.11 Å². The smallest absolute Gasteiger partial charge is 0.0900 e. The molecule has 1 aliphatic heterocycles.